The zero-order valence-corrected chi connectivity index (χ0v) is 28.1. The second-order valence-electron chi connectivity index (χ2n) is 12.9. The molecule has 7 rings (SSSR count). The van der Waals surface area contributed by atoms with Gasteiger partial charge in [0.05, 0.1) is 31.7 Å². The van der Waals surface area contributed by atoms with Crippen LogP contribution in [0.4, 0.5) is 13.2 Å². The first-order valence-electron chi connectivity index (χ1n) is 16.5. The van der Waals surface area contributed by atoms with Crippen LogP contribution in [0.2, 0.25) is 0 Å². The number of ether oxygens (including phenoxy) is 2. The van der Waals surface area contributed by atoms with E-state index in [2.05, 4.69) is 16.2 Å². The van der Waals surface area contributed by atoms with E-state index in [4.69, 9.17) is 14.6 Å². The summed E-state index contributed by atoms with van der Waals surface area (Å²) in [5.41, 5.74) is 4.02. The quantitative estimate of drug-likeness (QED) is 0.172. The van der Waals surface area contributed by atoms with E-state index in [1.165, 1.54) is 11.1 Å². The summed E-state index contributed by atoms with van der Waals surface area (Å²) in [6, 6.07) is 24.2. The number of hydrazone groups is 1. The van der Waals surface area contributed by atoms with Crippen molar-refractivity contribution in [1.29, 1.82) is 0 Å². The molecule has 1 aliphatic carbocycles. The van der Waals surface area contributed by atoms with Gasteiger partial charge in [0.1, 0.15) is 11.5 Å². The number of aromatic nitrogens is 3. The van der Waals surface area contributed by atoms with Gasteiger partial charge in [0.2, 0.25) is 0 Å². The predicted octanol–water partition coefficient (Wildman–Crippen LogP) is 8.99. The zero-order valence-electron chi connectivity index (χ0n) is 28.1. The first-order chi connectivity index (χ1) is 24.0. The molecule has 50 heavy (non-hydrogen) atoms. The van der Waals surface area contributed by atoms with Crippen LogP contribution in [-0.2, 0) is 6.18 Å². The zero-order chi connectivity index (χ0) is 35.2. The molecule has 3 aromatic carbocycles. The van der Waals surface area contributed by atoms with Gasteiger partial charge in [0.15, 0.2) is 17.0 Å². The number of carbonyl (C=O) groups is 1. The lowest BCUT2D eigenvalue weighted by Gasteiger charge is -2.29. The van der Waals surface area contributed by atoms with Gasteiger partial charge in [0.25, 0.3) is 5.91 Å². The average Bonchev–Trinajstić information content (AvgIpc) is 3.74. The molecule has 2 atom stereocenters. The van der Waals surface area contributed by atoms with Gasteiger partial charge in [-0.05, 0) is 83.9 Å². The van der Waals surface area contributed by atoms with Crippen LogP contribution in [0.3, 0.4) is 0 Å². The Balaban J connectivity index is 1.31. The highest BCUT2D eigenvalue weighted by Crippen LogP contribution is 2.45. The first kappa shape index (κ1) is 33.1. The van der Waals surface area contributed by atoms with Crippen LogP contribution >= 0.6 is 0 Å². The minimum absolute atomic E-state index is 0.0866. The summed E-state index contributed by atoms with van der Waals surface area (Å²) >= 11 is 0. The number of hydrogen-bond acceptors (Lipinski definition) is 6. The predicted molar refractivity (Wildman–Crippen MR) is 185 cm³/mol. The second kappa shape index (κ2) is 13.1. The van der Waals surface area contributed by atoms with E-state index < -0.39 is 23.8 Å². The van der Waals surface area contributed by atoms with Crippen molar-refractivity contribution in [2.45, 2.75) is 51.2 Å². The molecule has 0 spiro atoms. The highest BCUT2D eigenvalue weighted by molar-refractivity contribution is 6.09. The number of carbonyl (C=O) groups excluding carboxylic acids is 1. The van der Waals surface area contributed by atoms with Crippen molar-refractivity contribution in [3.63, 3.8) is 0 Å². The molecule has 11 heteroatoms. The second-order valence-corrected chi connectivity index (χ2v) is 12.9. The minimum atomic E-state index is -4.75. The topological polar surface area (TPSA) is 81.3 Å². The van der Waals surface area contributed by atoms with Gasteiger partial charge in [-0.1, -0.05) is 62.4 Å². The summed E-state index contributed by atoms with van der Waals surface area (Å²) < 4.78 is 54.8. The molecule has 0 N–H and O–H groups in total. The lowest BCUT2D eigenvalue weighted by molar-refractivity contribution is -0.142. The van der Waals surface area contributed by atoms with Gasteiger partial charge < -0.3 is 9.47 Å². The molecular formula is C39H36F3N5O3. The Kier molecular flexibility index (Phi) is 8.67. The fourth-order valence-electron chi connectivity index (χ4n) is 6.79. The largest absolute Gasteiger partial charge is 0.497 e. The summed E-state index contributed by atoms with van der Waals surface area (Å²) in [5, 5.41) is 10.5. The van der Waals surface area contributed by atoms with Gasteiger partial charge in [-0.2, -0.15) is 23.4 Å². The molecule has 8 nitrogen and oxygen atoms in total. The number of rotatable bonds is 7. The summed E-state index contributed by atoms with van der Waals surface area (Å²) in [6.07, 6.45) is -0.247. The molecule has 1 amide bonds. The molecule has 2 unspecified atom stereocenters. The van der Waals surface area contributed by atoms with E-state index in [1.54, 1.807) is 26.4 Å². The van der Waals surface area contributed by atoms with Crippen LogP contribution in [0, 0.1) is 5.92 Å². The number of methoxy groups -OCH3 is 2. The molecular weight excluding hydrogens is 643 g/mol. The number of fused-ring (bicyclic) bond motifs is 2. The number of nitrogens with zero attached hydrogens (tertiary/aromatic N) is 5. The number of amides is 1. The van der Waals surface area contributed by atoms with Crippen LogP contribution in [0.1, 0.15) is 77.9 Å². The molecule has 1 fully saturated rings. The van der Waals surface area contributed by atoms with Gasteiger partial charge in [0, 0.05) is 17.5 Å². The minimum Gasteiger partial charge on any atom is -0.497 e. The normalized spacial score (nSPS) is 18.4. The molecule has 3 heterocycles. The van der Waals surface area contributed by atoms with Crippen molar-refractivity contribution in [2.75, 3.05) is 14.2 Å². The lowest BCUT2D eigenvalue weighted by Crippen LogP contribution is -2.32. The molecule has 0 saturated heterocycles. The van der Waals surface area contributed by atoms with Crippen molar-refractivity contribution >= 4 is 23.3 Å². The number of alkyl halides is 3. The van der Waals surface area contributed by atoms with Gasteiger partial charge in [-0.15, -0.1) is 0 Å². The Bertz CT molecular complexity index is 2100. The fraction of sp³-hybridized carbons (Fsp3) is 0.282. The van der Waals surface area contributed by atoms with Crippen molar-refractivity contribution in [3.05, 3.63) is 119 Å². The number of allylic oxidation sites excluding steroid dienone is 1. The van der Waals surface area contributed by atoms with Crippen molar-refractivity contribution in [3.8, 4) is 22.8 Å². The maximum Gasteiger partial charge on any atom is 0.433 e. The van der Waals surface area contributed by atoms with Crippen molar-refractivity contribution in [1.82, 2.24) is 19.6 Å². The van der Waals surface area contributed by atoms with Crippen molar-refractivity contribution < 1.29 is 27.4 Å². The van der Waals surface area contributed by atoms with E-state index in [-0.39, 0.29) is 28.9 Å². The number of hydrogen-bond donors (Lipinski definition) is 0. The Hall–Kier alpha value is -5.45. The Labute approximate surface area is 287 Å². The molecule has 0 bridgehead atoms. The summed E-state index contributed by atoms with van der Waals surface area (Å²) in [5.74, 6) is 0.928. The summed E-state index contributed by atoms with van der Waals surface area (Å²) in [4.78, 5) is 18.9. The number of benzene rings is 3. The fourth-order valence-corrected chi connectivity index (χ4v) is 6.79. The molecule has 2 aromatic heterocycles. The highest BCUT2D eigenvalue weighted by atomic mass is 19.4. The maximum atomic E-state index is 14.5. The monoisotopic (exact) mass is 679 g/mol. The smallest absolute Gasteiger partial charge is 0.433 e. The third-order valence-electron chi connectivity index (χ3n) is 9.43. The van der Waals surface area contributed by atoms with Crippen LogP contribution in [0.5, 0.6) is 11.5 Å². The number of halogens is 3. The van der Waals surface area contributed by atoms with E-state index >= 15 is 0 Å². The van der Waals surface area contributed by atoms with E-state index in [1.807, 2.05) is 74.5 Å². The van der Waals surface area contributed by atoms with Gasteiger partial charge >= 0.3 is 6.18 Å². The van der Waals surface area contributed by atoms with Crippen LogP contribution in [0.25, 0.3) is 23.0 Å². The van der Waals surface area contributed by atoms with Crippen LogP contribution in [0.15, 0.2) is 95.6 Å². The lowest BCUT2D eigenvalue weighted by atomic mass is 9.77. The summed E-state index contributed by atoms with van der Waals surface area (Å²) in [6.45, 7) is 4.09. The molecule has 5 aromatic rings. The van der Waals surface area contributed by atoms with E-state index in [0.717, 1.165) is 59.1 Å². The third kappa shape index (κ3) is 6.23. The molecule has 256 valence electrons. The van der Waals surface area contributed by atoms with Crippen LogP contribution in [-0.4, -0.2) is 45.4 Å². The maximum absolute atomic E-state index is 14.5. The SMILES string of the molecule is COc1ccc(C=C2CCCC3C2=NN(C(=O)c2cc4nc(-c5ccc(C(C)C)cc5)cc(C(F)(F)F)n4n2)C3c2ccc(OC)cc2)cc1. The molecule has 0 radical (unpaired) electrons. The average molecular weight is 680 g/mol. The van der Waals surface area contributed by atoms with Crippen LogP contribution < -0.4 is 9.47 Å². The Morgan fingerprint density at radius 3 is 2.20 bits per heavy atom. The third-order valence-corrected chi connectivity index (χ3v) is 9.43. The summed E-state index contributed by atoms with van der Waals surface area (Å²) in [7, 11) is 3.20. The highest BCUT2D eigenvalue weighted by Gasteiger charge is 2.45. The van der Waals surface area contributed by atoms with E-state index in [9.17, 15) is 18.0 Å². The Morgan fingerprint density at radius 2 is 1.58 bits per heavy atom. The van der Waals surface area contributed by atoms with Gasteiger partial charge in [-0.25, -0.2) is 14.5 Å². The van der Waals surface area contributed by atoms with Gasteiger partial charge in [-0.3, -0.25) is 4.79 Å². The molecule has 1 saturated carbocycles. The van der Waals surface area contributed by atoms with Crippen molar-refractivity contribution in [2.24, 2.45) is 11.0 Å². The molecule has 2 aliphatic rings. The van der Waals surface area contributed by atoms with E-state index in [0.29, 0.717) is 15.8 Å². The Morgan fingerprint density at radius 1 is 0.920 bits per heavy atom. The molecule has 1 aliphatic heterocycles. The standard InChI is InChI=1S/C39H36F3N5O3/c1-23(2)25-10-12-26(13-11-25)32-21-34(39(40,41)42)46-35(43-32)22-33(44-46)38(48)47-37(27-14-18-30(50-4)19-15-27)31-7-5-6-28(36(31)45-47)20-24-8-16-29(49-3)17-9-24/h8-23,31,37H,5-7H2,1-4H3. The first-order valence-corrected chi connectivity index (χ1v) is 16.5.